The van der Waals surface area contributed by atoms with Gasteiger partial charge in [0.15, 0.2) is 0 Å². The predicted molar refractivity (Wildman–Crippen MR) is 12.4 cm³/mol. The van der Waals surface area contributed by atoms with Crippen molar-refractivity contribution >= 4 is 7.35 Å². The molecule has 0 radical (unpaired) electrons. The van der Waals surface area contributed by atoms with Crippen molar-refractivity contribution in [2.45, 2.75) is 0 Å². The van der Waals surface area contributed by atoms with Gasteiger partial charge in [-0.2, -0.15) is 0 Å². The molecule has 2 nitrogen and oxygen atoms in total. The predicted octanol–water partition coefficient (Wildman–Crippen LogP) is -0.152. The van der Waals surface area contributed by atoms with Crippen LogP contribution in [0.4, 0.5) is 4.32 Å². The van der Waals surface area contributed by atoms with E-state index in [0.717, 1.165) is 0 Å². The van der Waals surface area contributed by atoms with Crippen molar-refractivity contribution in [3.8, 4) is 0 Å². The Morgan fingerprint density at radius 2 is 2.25 bits per heavy atom. The molecule has 0 heterocycles. The molecule has 0 bridgehead atoms. The number of hydrogen-bond donors (Lipinski definition) is 0. The van der Waals surface area contributed by atoms with E-state index in [1.807, 2.05) is 4.69 Å². The summed E-state index contributed by atoms with van der Waals surface area (Å²) in [6, 6.07) is 0. The molecule has 0 amide bonds. The first-order valence-electron chi connectivity index (χ1n) is 0.676. The van der Waals surface area contributed by atoms with Gasteiger partial charge in [0, 0.05) is 0 Å². The third-order valence-electron chi connectivity index (χ3n) is 0.0436. The second-order valence-electron chi connectivity index (χ2n) is 0.213. The molecule has 0 spiro atoms. The summed E-state index contributed by atoms with van der Waals surface area (Å²) in [5.41, 5.74) is 7.07. The Morgan fingerprint density at radius 3 is 2.25 bits per heavy atom. The van der Waals surface area contributed by atoms with Gasteiger partial charge in [0.1, 0.15) is 0 Å². The maximum atomic E-state index is 10.2. The van der Waals surface area contributed by atoms with Gasteiger partial charge in [-0.3, -0.25) is 0 Å². The van der Waals surface area contributed by atoms with Crippen LogP contribution in [-0.2, 0) is 0 Å². The molecule has 0 aliphatic heterocycles. The summed E-state index contributed by atoms with van der Waals surface area (Å²) in [6.07, 6.45) is 0. The van der Waals surface area contributed by atoms with E-state index in [1.54, 1.807) is 0 Å². The van der Waals surface area contributed by atoms with E-state index in [-0.39, 0.29) is 7.35 Å². The van der Waals surface area contributed by atoms with Crippen LogP contribution in [0.5, 0.6) is 0 Å². The second-order valence-corrected chi connectivity index (χ2v) is 0.213. The summed E-state index contributed by atoms with van der Waals surface area (Å²) in [5.74, 6) is 0. The Bertz CT molecular complexity index is 44.0. The van der Waals surface area contributed by atoms with Gasteiger partial charge in [-0.25, -0.2) is 0 Å². The van der Waals surface area contributed by atoms with Crippen molar-refractivity contribution in [3.05, 3.63) is 5.53 Å². The molecular formula is BFN2. The summed E-state index contributed by atoms with van der Waals surface area (Å²) >= 11 is 0. The van der Waals surface area contributed by atoms with Gasteiger partial charge < -0.3 is 0 Å². The molecule has 0 N–H and O–H groups in total. The van der Waals surface area contributed by atoms with Crippen molar-refractivity contribution in [2.24, 2.45) is 0 Å². The van der Waals surface area contributed by atoms with Gasteiger partial charge in [0.05, 0.1) is 0 Å². The van der Waals surface area contributed by atoms with Crippen LogP contribution in [0.3, 0.4) is 0 Å². The van der Waals surface area contributed by atoms with E-state index in [1.165, 1.54) is 0 Å². The molecule has 0 aliphatic carbocycles. The van der Waals surface area contributed by atoms with Crippen molar-refractivity contribution in [1.82, 2.24) is 4.69 Å². The standard InChI is InChI=1S/BFN2/c2-1-4-3. The van der Waals surface area contributed by atoms with Gasteiger partial charge in [-0.1, -0.05) is 0 Å². The normalized spacial score (nSPS) is 3.25. The monoisotopic (exact) mass is 58.0 g/mol. The Hall–Kier alpha value is -0.495. The molecule has 0 aromatic rings. The molecule has 0 aliphatic rings. The first-order chi connectivity index (χ1) is 1.91. The van der Waals surface area contributed by atoms with Crippen LogP contribution in [0.2, 0.25) is 0 Å². The topological polar surface area (TPSA) is 36.4 Å². The average molecular weight is 57.8 g/mol. The minimum atomic E-state index is -0.194. The van der Waals surface area contributed by atoms with Crippen molar-refractivity contribution < 1.29 is 4.32 Å². The van der Waals surface area contributed by atoms with Gasteiger partial charge in [0.2, 0.25) is 0 Å². The van der Waals surface area contributed by atoms with Gasteiger partial charge in [0.25, 0.3) is 0 Å². The minimum absolute atomic E-state index is 0.194. The molecule has 0 aromatic carbocycles. The van der Waals surface area contributed by atoms with Crippen molar-refractivity contribution in [1.29, 1.82) is 0 Å². The van der Waals surface area contributed by atoms with Gasteiger partial charge in [-0.05, 0) is 0 Å². The number of nitrogens with zero attached hydrogens (tertiary/aromatic N) is 2. The molecule has 0 saturated carbocycles. The molecule has 0 atom stereocenters. The van der Waals surface area contributed by atoms with E-state index in [0.29, 0.717) is 0 Å². The zero-order valence-electron chi connectivity index (χ0n) is 1.85. The summed E-state index contributed by atoms with van der Waals surface area (Å²) in [4.78, 5) is 0. The van der Waals surface area contributed by atoms with Crippen LogP contribution in [0.1, 0.15) is 0 Å². The maximum absolute atomic E-state index is 10.2. The quantitative estimate of drug-likeness (QED) is 0.211. The Morgan fingerprint density at radius 1 is 2.00 bits per heavy atom. The molecule has 0 aromatic heterocycles. The number of halogens is 1. The van der Waals surface area contributed by atoms with Crippen molar-refractivity contribution in [2.75, 3.05) is 0 Å². The van der Waals surface area contributed by atoms with Crippen LogP contribution < -0.4 is 4.69 Å². The molecular weight excluding hydrogens is 57.8 g/mol. The summed E-state index contributed by atoms with van der Waals surface area (Å²) < 4.78 is 12.1. The first-order valence-corrected chi connectivity index (χ1v) is 0.676. The molecule has 4 heteroatoms. The fourth-order valence-corrected chi connectivity index (χ4v) is 0. The molecule has 0 rings (SSSR count). The van der Waals surface area contributed by atoms with E-state index in [2.05, 4.69) is 0 Å². The zero-order valence-corrected chi connectivity index (χ0v) is 1.85. The third kappa shape index (κ3) is 1.50. The van der Waals surface area contributed by atoms with E-state index in [9.17, 15) is 4.32 Å². The number of rotatable bonds is 0. The van der Waals surface area contributed by atoms with Crippen LogP contribution in [0.15, 0.2) is 0 Å². The van der Waals surface area contributed by atoms with Crippen molar-refractivity contribution in [3.63, 3.8) is 0 Å². The van der Waals surface area contributed by atoms with E-state index < -0.39 is 0 Å². The summed E-state index contributed by atoms with van der Waals surface area (Å²) in [5, 5.41) is 0. The Balaban J connectivity index is 3.11. The Labute approximate surface area is 23.2 Å². The average Bonchev–Trinajstić information content (AvgIpc) is 1.37. The molecule has 4 heavy (non-hydrogen) atoms. The SMILES string of the molecule is [N-]=[N+]=BF. The van der Waals surface area contributed by atoms with Crippen LogP contribution >= 0.6 is 0 Å². The molecule has 20 valence electrons. The molecule has 0 fully saturated rings. The second kappa shape index (κ2) is 2.50. The summed E-state index contributed by atoms with van der Waals surface area (Å²) in [7, 11) is -0.194. The zero-order chi connectivity index (χ0) is 3.41. The Kier molecular flexibility index (Phi) is 2.19. The van der Waals surface area contributed by atoms with Gasteiger partial charge >= 0.3 is 21.9 Å². The van der Waals surface area contributed by atoms with Crippen LogP contribution in [-0.4, -0.2) is 7.35 Å². The van der Waals surface area contributed by atoms with E-state index >= 15 is 0 Å². The van der Waals surface area contributed by atoms with Gasteiger partial charge in [-0.15, -0.1) is 0 Å². The number of hydrogen-bond acceptors (Lipinski definition) is 0. The molecule has 0 unspecified atom stereocenters. The third-order valence-corrected chi connectivity index (χ3v) is 0.0436. The fourth-order valence-electron chi connectivity index (χ4n) is 0. The first kappa shape index (κ1) is 3.50. The van der Waals surface area contributed by atoms with Crippen LogP contribution in [0.25, 0.3) is 5.53 Å². The van der Waals surface area contributed by atoms with E-state index in [4.69, 9.17) is 5.53 Å². The van der Waals surface area contributed by atoms with Crippen LogP contribution in [0, 0.1) is 0 Å². The fraction of sp³-hybridized carbons (Fsp3) is 0. The molecule has 0 saturated heterocycles. The summed E-state index contributed by atoms with van der Waals surface area (Å²) in [6.45, 7) is 0.